The van der Waals surface area contributed by atoms with Gasteiger partial charge < -0.3 is 9.80 Å². The Balaban J connectivity index is 0.770. The molecular formula is C41H39F3N8O4. The van der Waals surface area contributed by atoms with Crippen molar-refractivity contribution in [3.8, 4) is 11.1 Å². The molecule has 0 radical (unpaired) electrons. The minimum atomic E-state index is -2.76. The Morgan fingerprint density at radius 2 is 1.57 bits per heavy atom. The average molecular weight is 765 g/mol. The van der Waals surface area contributed by atoms with E-state index in [1.54, 1.807) is 54.9 Å². The van der Waals surface area contributed by atoms with E-state index in [0.717, 1.165) is 67.1 Å². The molecule has 0 aliphatic carbocycles. The number of carbonyl (C=O) groups excluding carboxylic acids is 4. The summed E-state index contributed by atoms with van der Waals surface area (Å²) in [7, 11) is 0. The number of hydrogen-bond acceptors (Lipinski definition) is 9. The second kappa shape index (κ2) is 14.3. The lowest BCUT2D eigenvalue weighted by molar-refractivity contribution is -0.136. The Morgan fingerprint density at radius 3 is 2.32 bits per heavy atom. The molecule has 4 amide bonds. The minimum absolute atomic E-state index is 0.0769. The Labute approximate surface area is 319 Å². The quantitative estimate of drug-likeness (QED) is 0.201. The number of fused-ring (bicyclic) bond motifs is 4. The first-order chi connectivity index (χ1) is 27.1. The van der Waals surface area contributed by atoms with E-state index in [-0.39, 0.29) is 24.0 Å². The topological polar surface area (TPSA) is 124 Å². The highest BCUT2D eigenvalue weighted by molar-refractivity contribution is 6.23. The fraction of sp³-hybridized carbons (Fsp3) is 0.366. The number of aromatic nitrogens is 3. The highest BCUT2D eigenvalue weighted by Gasteiger charge is 2.45. The third-order valence-electron chi connectivity index (χ3n) is 11.8. The fourth-order valence-electron chi connectivity index (χ4n) is 8.75. The number of anilines is 2. The number of piperazine rings is 1. The van der Waals surface area contributed by atoms with Gasteiger partial charge in [-0.15, -0.1) is 0 Å². The Hall–Kier alpha value is -5.83. The number of benzene rings is 2. The van der Waals surface area contributed by atoms with Crippen LogP contribution in [-0.4, -0.2) is 99.8 Å². The van der Waals surface area contributed by atoms with Crippen molar-refractivity contribution >= 4 is 57.1 Å². The number of hydrogen-bond donors (Lipinski definition) is 1. The summed E-state index contributed by atoms with van der Waals surface area (Å²) in [4.78, 5) is 66.8. The summed E-state index contributed by atoms with van der Waals surface area (Å²) in [5.74, 6) is -1.69. The van der Waals surface area contributed by atoms with Gasteiger partial charge in [0.2, 0.25) is 11.8 Å². The zero-order valence-corrected chi connectivity index (χ0v) is 30.5. The van der Waals surface area contributed by atoms with Crippen molar-refractivity contribution < 1.29 is 32.3 Å². The number of piperidine rings is 2. The number of nitrogens with one attached hydrogen (secondary N) is 1. The smallest absolute Gasteiger partial charge is 0.319 e. The van der Waals surface area contributed by atoms with Gasteiger partial charge in [0.05, 0.1) is 27.7 Å². The molecule has 5 aromatic rings. The number of pyridine rings is 2. The molecule has 288 valence electrons. The standard InChI is InChI=1S/C41H39F3N8O4/c42-31-20-26(25-3-5-29-34(21-25)51(41(43)44)32-2-1-12-45-36(29)32)23-46-37(31)50-14-10-24(11-15-50)9-13-48-16-18-49(19-17-48)27-4-6-28-30(22-27)40(56)52(39(28)55)33-7-8-35(53)47-38(33)54/h1-6,12,20-24,33,41H,7-11,13-19H2,(H,47,53,54). The molecule has 2 aromatic carbocycles. The monoisotopic (exact) mass is 764 g/mol. The molecule has 7 heterocycles. The van der Waals surface area contributed by atoms with Crippen LogP contribution in [0.4, 0.5) is 24.7 Å². The summed E-state index contributed by atoms with van der Waals surface area (Å²) in [6.45, 7) is 2.79. The molecule has 15 heteroatoms. The number of amides is 4. The van der Waals surface area contributed by atoms with E-state index in [4.69, 9.17) is 0 Å². The van der Waals surface area contributed by atoms with Crippen molar-refractivity contribution in [1.29, 1.82) is 0 Å². The fourth-order valence-corrected chi connectivity index (χ4v) is 8.75. The Morgan fingerprint density at radius 1 is 0.786 bits per heavy atom. The van der Waals surface area contributed by atoms with Crippen LogP contribution in [-0.2, 0) is 9.59 Å². The molecule has 3 fully saturated rings. The molecule has 1 N–H and O–H groups in total. The molecule has 1 atom stereocenters. The molecular weight excluding hydrogens is 725 g/mol. The third kappa shape index (κ3) is 6.33. The first-order valence-corrected chi connectivity index (χ1v) is 19.0. The molecule has 4 aliphatic rings. The predicted molar refractivity (Wildman–Crippen MR) is 203 cm³/mol. The van der Waals surface area contributed by atoms with Crippen molar-refractivity contribution in [2.24, 2.45) is 5.92 Å². The third-order valence-corrected chi connectivity index (χ3v) is 11.8. The van der Waals surface area contributed by atoms with Gasteiger partial charge >= 0.3 is 6.55 Å². The number of carbonyl (C=O) groups is 4. The summed E-state index contributed by atoms with van der Waals surface area (Å²) in [5.41, 5.74) is 3.68. The normalized spacial score (nSPS) is 19.9. The van der Waals surface area contributed by atoms with Gasteiger partial charge in [0.15, 0.2) is 11.6 Å². The van der Waals surface area contributed by atoms with E-state index in [1.165, 1.54) is 6.07 Å². The van der Waals surface area contributed by atoms with Crippen LogP contribution >= 0.6 is 0 Å². The van der Waals surface area contributed by atoms with Gasteiger partial charge in [0, 0.05) is 74.7 Å². The molecule has 9 rings (SSSR count). The van der Waals surface area contributed by atoms with Crippen molar-refractivity contribution in [3.63, 3.8) is 0 Å². The first kappa shape index (κ1) is 35.8. The zero-order chi connectivity index (χ0) is 38.7. The maximum atomic E-state index is 15.6. The highest BCUT2D eigenvalue weighted by atomic mass is 19.3. The van der Waals surface area contributed by atoms with E-state index in [1.807, 2.05) is 11.0 Å². The summed E-state index contributed by atoms with van der Waals surface area (Å²) < 4.78 is 44.7. The number of nitrogens with zero attached hydrogens (tertiary/aromatic N) is 7. The molecule has 56 heavy (non-hydrogen) atoms. The van der Waals surface area contributed by atoms with E-state index in [9.17, 15) is 28.0 Å². The SMILES string of the molecule is O=C1CCC(N2C(=O)c3ccc(N4CCN(CCC5CCN(c6ncc(-c7ccc8c9ncccc9n(C(F)F)c8c7)cc6F)CC5)CC4)cc3C2=O)C(=O)N1. The van der Waals surface area contributed by atoms with Gasteiger partial charge in [-0.1, -0.05) is 12.1 Å². The lowest BCUT2D eigenvalue weighted by atomic mass is 9.93. The van der Waals surface area contributed by atoms with Gasteiger partial charge in [0.1, 0.15) is 6.04 Å². The van der Waals surface area contributed by atoms with Crippen LogP contribution in [0.5, 0.6) is 0 Å². The van der Waals surface area contributed by atoms with Gasteiger partial charge in [-0.2, -0.15) is 8.78 Å². The summed E-state index contributed by atoms with van der Waals surface area (Å²) in [5, 5.41) is 2.83. The molecule has 4 aliphatic heterocycles. The maximum absolute atomic E-state index is 15.6. The predicted octanol–water partition coefficient (Wildman–Crippen LogP) is 5.62. The number of rotatable bonds is 8. The molecule has 0 saturated carbocycles. The van der Waals surface area contributed by atoms with Crippen LogP contribution < -0.4 is 15.1 Å². The van der Waals surface area contributed by atoms with Crippen LogP contribution in [0.3, 0.4) is 0 Å². The van der Waals surface area contributed by atoms with E-state index in [2.05, 4.69) is 25.1 Å². The van der Waals surface area contributed by atoms with Gasteiger partial charge in [-0.3, -0.25) is 43.8 Å². The minimum Gasteiger partial charge on any atom is -0.369 e. The van der Waals surface area contributed by atoms with Crippen molar-refractivity contribution in [1.82, 2.24) is 29.7 Å². The summed E-state index contributed by atoms with van der Waals surface area (Å²) in [6, 6.07) is 14.1. The van der Waals surface area contributed by atoms with Crippen LogP contribution in [0.25, 0.3) is 33.1 Å². The van der Waals surface area contributed by atoms with Crippen molar-refractivity contribution in [2.75, 3.05) is 55.6 Å². The zero-order valence-electron chi connectivity index (χ0n) is 30.5. The van der Waals surface area contributed by atoms with E-state index < -0.39 is 42.0 Å². The van der Waals surface area contributed by atoms with Gasteiger partial charge in [-0.25, -0.2) is 9.37 Å². The lowest BCUT2D eigenvalue weighted by Crippen LogP contribution is -2.54. The molecule has 3 aromatic heterocycles. The summed E-state index contributed by atoms with van der Waals surface area (Å²) in [6.07, 6.45) is 6.25. The summed E-state index contributed by atoms with van der Waals surface area (Å²) >= 11 is 0. The van der Waals surface area contributed by atoms with Crippen molar-refractivity contribution in [3.05, 3.63) is 83.9 Å². The van der Waals surface area contributed by atoms with Crippen LogP contribution in [0.15, 0.2) is 67.0 Å². The molecule has 0 spiro atoms. The van der Waals surface area contributed by atoms with Gasteiger partial charge in [-0.05, 0) is 86.2 Å². The largest absolute Gasteiger partial charge is 0.369 e. The van der Waals surface area contributed by atoms with Crippen LogP contribution in [0.1, 0.15) is 59.4 Å². The molecule has 1 unspecified atom stereocenters. The number of imide groups is 2. The second-order valence-electron chi connectivity index (χ2n) is 15.0. The number of alkyl halides is 2. The Bertz CT molecular complexity index is 2400. The first-order valence-electron chi connectivity index (χ1n) is 19.0. The van der Waals surface area contributed by atoms with E-state index >= 15 is 4.39 Å². The van der Waals surface area contributed by atoms with Crippen molar-refractivity contribution in [2.45, 2.75) is 44.7 Å². The number of halogens is 3. The van der Waals surface area contributed by atoms with Gasteiger partial charge in [0.25, 0.3) is 11.8 Å². The maximum Gasteiger partial charge on any atom is 0.319 e. The lowest BCUT2D eigenvalue weighted by Gasteiger charge is -2.38. The molecule has 3 saturated heterocycles. The molecule has 0 bridgehead atoms. The highest BCUT2D eigenvalue weighted by Crippen LogP contribution is 2.36. The Kier molecular flexibility index (Phi) is 9.18. The van der Waals surface area contributed by atoms with Crippen LogP contribution in [0.2, 0.25) is 0 Å². The van der Waals surface area contributed by atoms with E-state index in [0.29, 0.717) is 57.9 Å². The average Bonchev–Trinajstić information content (AvgIpc) is 3.67. The molecule has 12 nitrogen and oxygen atoms in total. The second-order valence-corrected chi connectivity index (χ2v) is 15.0. The van der Waals surface area contributed by atoms with Crippen LogP contribution in [0, 0.1) is 11.7 Å².